The van der Waals surface area contributed by atoms with Crippen LogP contribution < -0.4 is 4.90 Å². The Morgan fingerprint density at radius 3 is 2.61 bits per heavy atom. The molecule has 36 heavy (non-hydrogen) atoms. The summed E-state index contributed by atoms with van der Waals surface area (Å²) in [6.07, 6.45) is -2.64. The Hall–Kier alpha value is -2.97. The third-order valence-corrected chi connectivity index (χ3v) is 6.86. The van der Waals surface area contributed by atoms with Gasteiger partial charge in [0.25, 0.3) is 12.3 Å². The number of esters is 1. The van der Waals surface area contributed by atoms with Gasteiger partial charge in [-0.15, -0.1) is 0 Å². The van der Waals surface area contributed by atoms with Gasteiger partial charge >= 0.3 is 5.97 Å². The molecule has 1 heterocycles. The van der Waals surface area contributed by atoms with Crippen LogP contribution in [-0.2, 0) is 35.8 Å². The first-order valence-corrected chi connectivity index (χ1v) is 12.2. The van der Waals surface area contributed by atoms with Crippen molar-refractivity contribution < 1.29 is 32.6 Å². The third-order valence-electron chi connectivity index (χ3n) is 6.56. The molecule has 6 nitrogen and oxygen atoms in total. The first kappa shape index (κ1) is 26.1. The molecule has 2 aromatic carbocycles. The number of amides is 1. The van der Waals surface area contributed by atoms with Gasteiger partial charge in [-0.2, -0.15) is 0 Å². The van der Waals surface area contributed by atoms with Gasteiger partial charge in [0.1, 0.15) is 12.4 Å². The summed E-state index contributed by atoms with van der Waals surface area (Å²) in [4.78, 5) is 27.2. The van der Waals surface area contributed by atoms with Gasteiger partial charge in [0.15, 0.2) is 0 Å². The van der Waals surface area contributed by atoms with Crippen molar-refractivity contribution >= 4 is 34.9 Å². The van der Waals surface area contributed by atoms with Crippen LogP contribution in [0.1, 0.15) is 37.5 Å². The average molecular weight is 520 g/mol. The molecule has 1 fully saturated rings. The van der Waals surface area contributed by atoms with Crippen molar-refractivity contribution in [2.24, 2.45) is 5.92 Å². The number of hydrogen-bond donors (Lipinski definition) is 0. The van der Waals surface area contributed by atoms with Crippen LogP contribution in [0.15, 0.2) is 48.0 Å². The zero-order chi connectivity index (χ0) is 26.0. The Morgan fingerprint density at radius 2 is 1.94 bits per heavy atom. The van der Waals surface area contributed by atoms with E-state index in [0.29, 0.717) is 23.4 Å². The highest BCUT2D eigenvalue weighted by Gasteiger charge is 2.54. The largest absolute Gasteiger partial charge is 0.486 e. The van der Waals surface area contributed by atoms with Gasteiger partial charge in [-0.25, -0.2) is 8.78 Å². The average Bonchev–Trinajstić information content (AvgIpc) is 3.17. The van der Waals surface area contributed by atoms with E-state index in [1.165, 1.54) is 4.90 Å². The summed E-state index contributed by atoms with van der Waals surface area (Å²) in [5.74, 6) is -1.09. The number of hydrogen-bond acceptors (Lipinski definition) is 5. The summed E-state index contributed by atoms with van der Waals surface area (Å²) >= 11 is 6.57. The van der Waals surface area contributed by atoms with E-state index in [2.05, 4.69) is 0 Å². The van der Waals surface area contributed by atoms with Crippen LogP contribution in [0.25, 0.3) is 5.76 Å². The number of rotatable bonds is 9. The Morgan fingerprint density at radius 1 is 1.19 bits per heavy atom. The molecule has 0 N–H and O–H groups in total. The molecule has 0 radical (unpaired) electrons. The Labute approximate surface area is 213 Å². The smallest absolute Gasteiger partial charge is 0.310 e. The predicted octanol–water partition coefficient (Wildman–Crippen LogP) is 5.37. The zero-order valence-electron chi connectivity index (χ0n) is 20.4. The summed E-state index contributed by atoms with van der Waals surface area (Å²) in [6.45, 7) is 5.56. The second kappa shape index (κ2) is 10.6. The second-order valence-electron chi connectivity index (χ2n) is 8.77. The van der Waals surface area contributed by atoms with E-state index < -0.39 is 24.6 Å². The lowest BCUT2D eigenvalue weighted by Gasteiger charge is -2.41. The summed E-state index contributed by atoms with van der Waals surface area (Å²) in [5.41, 5.74) is 1.84. The summed E-state index contributed by atoms with van der Waals surface area (Å²) in [6, 6.07) is 12.3. The van der Waals surface area contributed by atoms with Gasteiger partial charge in [0.05, 0.1) is 34.9 Å². The normalized spacial score (nSPS) is 21.0. The van der Waals surface area contributed by atoms with Crippen LogP contribution in [0.5, 0.6) is 0 Å². The van der Waals surface area contributed by atoms with Gasteiger partial charge in [0.2, 0.25) is 0 Å². The van der Waals surface area contributed by atoms with Gasteiger partial charge < -0.3 is 19.1 Å². The van der Waals surface area contributed by atoms with Crippen LogP contribution in [0.4, 0.5) is 14.5 Å². The van der Waals surface area contributed by atoms with E-state index in [9.17, 15) is 18.4 Å². The minimum Gasteiger partial charge on any atom is -0.486 e. The van der Waals surface area contributed by atoms with E-state index >= 15 is 0 Å². The molecule has 2 unspecified atom stereocenters. The summed E-state index contributed by atoms with van der Waals surface area (Å²) in [5, 5.41) is 0.287. The first-order valence-electron chi connectivity index (χ1n) is 11.9. The number of halogens is 3. The molecule has 0 bridgehead atoms. The van der Waals surface area contributed by atoms with Crippen molar-refractivity contribution in [2.45, 2.75) is 39.2 Å². The molecule has 1 saturated heterocycles. The SMILES string of the molecule is CCOC(=O)Cc1ccc(N2CC3C(=C(OCC(F)F)c4ccccc4C3(C)OCC)C2=O)c(Cl)c1. The number of carbonyl (C=O) groups excluding carboxylic acids is 2. The molecule has 0 spiro atoms. The van der Waals surface area contributed by atoms with Crippen molar-refractivity contribution in [1.82, 2.24) is 0 Å². The predicted molar refractivity (Wildman–Crippen MR) is 132 cm³/mol. The number of fused-ring (bicyclic) bond motifs is 2. The molecular weight excluding hydrogens is 492 g/mol. The molecule has 2 aromatic rings. The molecule has 9 heteroatoms. The van der Waals surface area contributed by atoms with E-state index in [1.54, 1.807) is 37.3 Å². The number of ether oxygens (including phenoxy) is 3. The number of anilines is 1. The van der Waals surface area contributed by atoms with E-state index in [4.69, 9.17) is 25.8 Å². The third kappa shape index (κ3) is 4.72. The molecular formula is C27H28ClF2NO5. The molecule has 0 saturated carbocycles. The van der Waals surface area contributed by atoms with E-state index in [-0.39, 0.29) is 47.8 Å². The topological polar surface area (TPSA) is 65.1 Å². The molecule has 1 aliphatic heterocycles. The van der Waals surface area contributed by atoms with Gasteiger partial charge in [-0.1, -0.05) is 41.9 Å². The lowest BCUT2D eigenvalue weighted by atomic mass is 9.72. The van der Waals surface area contributed by atoms with E-state index in [1.807, 2.05) is 26.0 Å². The van der Waals surface area contributed by atoms with E-state index in [0.717, 1.165) is 5.56 Å². The minimum atomic E-state index is -2.70. The standard InChI is InChI=1S/C27H28ClF2NO5/c1-4-34-23(32)13-16-10-11-21(20(28)12-16)31-14-19-24(26(31)33)25(35-15-22(29)30)17-8-6-7-9-18(17)27(19,3)36-5-2/h6-12,19,22H,4-5,13-15H2,1-3H3. The van der Waals surface area contributed by atoms with Crippen LogP contribution in [0, 0.1) is 5.92 Å². The highest BCUT2D eigenvalue weighted by atomic mass is 35.5. The summed E-state index contributed by atoms with van der Waals surface area (Å²) in [7, 11) is 0. The van der Waals surface area contributed by atoms with Gasteiger partial charge in [-0.05, 0) is 44.0 Å². The lowest BCUT2D eigenvalue weighted by molar-refractivity contribution is -0.142. The highest BCUT2D eigenvalue weighted by molar-refractivity contribution is 6.34. The summed E-state index contributed by atoms with van der Waals surface area (Å²) < 4.78 is 43.1. The Bertz CT molecular complexity index is 1200. The first-order chi connectivity index (χ1) is 17.2. The second-order valence-corrected chi connectivity index (χ2v) is 9.17. The molecule has 192 valence electrons. The van der Waals surface area contributed by atoms with Crippen LogP contribution in [-0.4, -0.2) is 44.7 Å². The van der Waals surface area contributed by atoms with Crippen molar-refractivity contribution in [3.8, 4) is 0 Å². The quantitative estimate of drug-likeness (QED) is 0.417. The number of alkyl halides is 2. The maximum Gasteiger partial charge on any atom is 0.310 e. The van der Waals surface area contributed by atoms with Crippen molar-refractivity contribution in [1.29, 1.82) is 0 Å². The molecule has 1 aliphatic carbocycles. The van der Waals surface area contributed by atoms with Gasteiger partial charge in [0, 0.05) is 24.6 Å². The number of carbonyl (C=O) groups is 2. The highest BCUT2D eigenvalue weighted by Crippen LogP contribution is 2.52. The fourth-order valence-electron chi connectivity index (χ4n) is 5.05. The monoisotopic (exact) mass is 519 g/mol. The van der Waals surface area contributed by atoms with Crippen molar-refractivity contribution in [3.05, 3.63) is 69.8 Å². The molecule has 2 atom stereocenters. The molecule has 1 amide bonds. The fraction of sp³-hybridized carbons (Fsp3) is 0.407. The van der Waals surface area contributed by atoms with Crippen molar-refractivity contribution in [3.63, 3.8) is 0 Å². The zero-order valence-corrected chi connectivity index (χ0v) is 21.1. The fourth-order valence-corrected chi connectivity index (χ4v) is 5.35. The van der Waals surface area contributed by atoms with Crippen LogP contribution >= 0.6 is 11.6 Å². The van der Waals surface area contributed by atoms with Gasteiger partial charge in [-0.3, -0.25) is 9.59 Å². The molecule has 0 aromatic heterocycles. The maximum atomic E-state index is 13.8. The van der Waals surface area contributed by atoms with Crippen molar-refractivity contribution in [2.75, 3.05) is 31.3 Å². The Kier molecular flexibility index (Phi) is 7.66. The molecule has 4 rings (SSSR count). The van der Waals surface area contributed by atoms with Crippen LogP contribution in [0.3, 0.4) is 0 Å². The maximum absolute atomic E-state index is 13.8. The van der Waals surface area contributed by atoms with Crippen LogP contribution in [0.2, 0.25) is 5.02 Å². The Balaban J connectivity index is 1.77. The number of benzene rings is 2. The lowest BCUT2D eigenvalue weighted by Crippen LogP contribution is -2.41. The molecule has 2 aliphatic rings. The number of nitrogens with zero attached hydrogens (tertiary/aromatic N) is 1. The minimum absolute atomic E-state index is 0.0545.